The molecule has 20 rings (SSSR count). The van der Waals surface area contributed by atoms with Crippen LogP contribution in [0.4, 0.5) is 34.1 Å². The van der Waals surface area contributed by atoms with E-state index in [4.69, 9.17) is 0 Å². The van der Waals surface area contributed by atoms with Gasteiger partial charge in [0.15, 0.2) is 0 Å². The van der Waals surface area contributed by atoms with Gasteiger partial charge in [-0.05, 0) is 225 Å². The number of para-hydroxylation sites is 6. The van der Waals surface area contributed by atoms with Gasteiger partial charge in [0.1, 0.15) is 0 Å². The van der Waals surface area contributed by atoms with Crippen molar-refractivity contribution in [1.29, 1.82) is 0 Å². The van der Waals surface area contributed by atoms with Crippen molar-refractivity contribution in [1.82, 2.24) is 9.13 Å². The maximum absolute atomic E-state index is 2.44. The Balaban J connectivity index is 0.650. The molecule has 0 bridgehead atoms. The Morgan fingerprint density at radius 2 is 0.530 bits per heavy atom. The topological polar surface area (TPSA) is 16.3 Å². The van der Waals surface area contributed by atoms with E-state index >= 15 is 0 Å². The van der Waals surface area contributed by atoms with Crippen LogP contribution in [0.15, 0.2) is 376 Å². The van der Waals surface area contributed by atoms with E-state index in [0.717, 1.165) is 62.1 Å². The minimum absolute atomic E-state index is 1.08. The van der Waals surface area contributed by atoms with Crippen LogP contribution in [0.2, 0.25) is 0 Å². The summed E-state index contributed by atoms with van der Waals surface area (Å²) in [6, 6.07) is 139. The summed E-state index contributed by atoms with van der Waals surface area (Å²) in [6.45, 7) is 0. The molecule has 0 unspecified atom stereocenters. The summed E-state index contributed by atoms with van der Waals surface area (Å²) in [5.41, 5.74) is 20.5. The molecule has 20 aromatic rings. The van der Waals surface area contributed by atoms with Gasteiger partial charge in [-0.25, -0.2) is 0 Å². The number of nitrogens with zero attached hydrogens (tertiary/aromatic N) is 4. The molecule has 0 aliphatic carbocycles. The summed E-state index contributed by atoms with van der Waals surface area (Å²) >= 11 is 0. The lowest BCUT2D eigenvalue weighted by molar-refractivity contribution is 1.17. The molecule has 0 aliphatic heterocycles. The second-order valence-electron chi connectivity index (χ2n) is 26.4. The Morgan fingerprint density at radius 1 is 0.170 bits per heavy atom. The first kappa shape index (κ1) is 57.0. The molecule has 0 fully saturated rings. The van der Waals surface area contributed by atoms with Crippen LogP contribution in [0.1, 0.15) is 0 Å². The summed E-state index contributed by atoms with van der Waals surface area (Å²) < 4.78 is 4.86. The molecule has 0 spiro atoms. The fraction of sp³-hybridized carbons (Fsp3) is 0. The zero-order chi connectivity index (χ0) is 65.8. The summed E-state index contributed by atoms with van der Waals surface area (Å²) in [4.78, 5) is 4.79. The number of hydrogen-bond donors (Lipinski definition) is 0. The van der Waals surface area contributed by atoms with Crippen molar-refractivity contribution in [2.75, 3.05) is 9.80 Å². The SMILES string of the molecule is c1ccc(N(c2ccc(-c3ccc4ccc5c6ccccc6ccc5c4c3)cc2)c2ccc3c4cc(-c5ccc6ccc7c8cc(-c9ccc(N(c%10ccccc%10)c%10cccc%11c%12ccccc%12n(-c%12ccccc%12)c%10%11)cc9)ccc8ccc7c6c5)ccc4n(-c4ccccc4)c3c2)cc1. The molecule has 0 radical (unpaired) electrons. The lowest BCUT2D eigenvalue weighted by atomic mass is 9.93. The number of benzene rings is 18. The van der Waals surface area contributed by atoms with E-state index in [1.54, 1.807) is 0 Å². The number of rotatable bonds is 11. The molecule has 0 saturated heterocycles. The lowest BCUT2D eigenvalue weighted by Crippen LogP contribution is -2.11. The minimum atomic E-state index is 1.08. The van der Waals surface area contributed by atoms with Gasteiger partial charge in [-0.2, -0.15) is 0 Å². The first-order valence-corrected chi connectivity index (χ1v) is 34.5. The van der Waals surface area contributed by atoms with Crippen molar-refractivity contribution in [2.45, 2.75) is 0 Å². The van der Waals surface area contributed by atoms with Crippen molar-refractivity contribution in [3.8, 4) is 44.8 Å². The molecule has 18 aromatic carbocycles. The van der Waals surface area contributed by atoms with Crippen LogP contribution in [0.3, 0.4) is 0 Å². The molecule has 4 heteroatoms. The fourth-order valence-corrected chi connectivity index (χ4v) is 16.1. The summed E-state index contributed by atoms with van der Waals surface area (Å²) in [7, 11) is 0. The zero-order valence-electron chi connectivity index (χ0n) is 54.6. The van der Waals surface area contributed by atoms with E-state index in [0.29, 0.717) is 0 Å². The number of anilines is 6. The van der Waals surface area contributed by atoms with Crippen molar-refractivity contribution in [3.05, 3.63) is 376 Å². The van der Waals surface area contributed by atoms with Gasteiger partial charge in [0.2, 0.25) is 0 Å². The molecular formula is C96H62N4. The fourth-order valence-electron chi connectivity index (χ4n) is 16.1. The van der Waals surface area contributed by atoms with Crippen LogP contribution in [0.5, 0.6) is 0 Å². The molecule has 2 heterocycles. The second kappa shape index (κ2) is 23.2. The Morgan fingerprint density at radius 3 is 1.10 bits per heavy atom. The van der Waals surface area contributed by atoms with Crippen LogP contribution in [-0.4, -0.2) is 9.13 Å². The summed E-state index contributed by atoms with van der Waals surface area (Å²) in [5.74, 6) is 0. The van der Waals surface area contributed by atoms with Crippen LogP contribution in [0.25, 0.3) is 153 Å². The Kier molecular flexibility index (Phi) is 13.2. The Hall–Kier alpha value is -13.3. The smallest absolute Gasteiger partial charge is 0.0782 e. The molecule has 0 N–H and O–H groups in total. The van der Waals surface area contributed by atoms with Gasteiger partial charge in [-0.1, -0.05) is 249 Å². The maximum atomic E-state index is 2.44. The molecule has 0 aliphatic rings. The normalized spacial score (nSPS) is 11.8. The van der Waals surface area contributed by atoms with Gasteiger partial charge in [0.05, 0.1) is 27.8 Å². The average molecular weight is 1270 g/mol. The van der Waals surface area contributed by atoms with E-state index in [1.807, 2.05) is 0 Å². The standard InChI is InChI=1S/C96H62N4/c1-5-19-73(20-6-1)97(77-47-38-63(39-48-77)69-35-32-66-43-52-81-80-27-14-13-18-65(80)42-53-82(81)88(66)58-69)79-51-56-86-91-61-72(46-57-93(91)99(95(86)62-79)75-23-9-3-10-24-75)71-37-34-68-45-54-83-84(90(68)60-71)55-44-67-33-36-70(59-89(67)83)64-40-49-78(50-41-64)98(74-21-7-2-8-22-74)94-31-17-29-87-85-28-15-16-30-92(85)100(96(87)94)76-25-11-4-12-26-76/h1-62H. The first-order valence-electron chi connectivity index (χ1n) is 34.5. The molecule has 100 heavy (non-hydrogen) atoms. The third kappa shape index (κ3) is 9.37. The molecule has 2 aromatic heterocycles. The predicted molar refractivity (Wildman–Crippen MR) is 426 cm³/mol. The van der Waals surface area contributed by atoms with E-state index in [1.165, 1.54) is 125 Å². The predicted octanol–water partition coefficient (Wildman–Crippen LogP) is 26.7. The summed E-state index contributed by atoms with van der Waals surface area (Å²) in [6.07, 6.45) is 0. The maximum Gasteiger partial charge on any atom is 0.0782 e. The molecule has 4 nitrogen and oxygen atoms in total. The monoisotopic (exact) mass is 1270 g/mol. The van der Waals surface area contributed by atoms with Crippen LogP contribution >= 0.6 is 0 Å². The molecule has 0 atom stereocenters. The number of hydrogen-bond acceptors (Lipinski definition) is 2. The van der Waals surface area contributed by atoms with Gasteiger partial charge < -0.3 is 18.9 Å². The van der Waals surface area contributed by atoms with E-state index in [2.05, 4.69) is 395 Å². The zero-order valence-corrected chi connectivity index (χ0v) is 54.6. The highest BCUT2D eigenvalue weighted by Gasteiger charge is 2.23. The number of aromatic nitrogens is 2. The third-order valence-corrected chi connectivity index (χ3v) is 20.8. The Labute approximate surface area is 578 Å². The summed E-state index contributed by atoms with van der Waals surface area (Å²) in [5, 5.41) is 19.8. The molecule has 0 saturated carbocycles. The van der Waals surface area contributed by atoms with Gasteiger partial charge in [-0.3, -0.25) is 0 Å². The van der Waals surface area contributed by atoms with Gasteiger partial charge in [0.25, 0.3) is 0 Å². The molecular weight excluding hydrogens is 1210 g/mol. The minimum Gasteiger partial charge on any atom is -0.310 e. The van der Waals surface area contributed by atoms with E-state index < -0.39 is 0 Å². The van der Waals surface area contributed by atoms with Crippen LogP contribution < -0.4 is 9.80 Å². The van der Waals surface area contributed by atoms with Crippen molar-refractivity contribution in [3.63, 3.8) is 0 Å². The first-order chi connectivity index (χ1) is 49.6. The van der Waals surface area contributed by atoms with Gasteiger partial charge >= 0.3 is 0 Å². The average Bonchev–Trinajstić information content (AvgIpc) is 1.53. The van der Waals surface area contributed by atoms with Crippen molar-refractivity contribution >= 4 is 142 Å². The van der Waals surface area contributed by atoms with E-state index in [9.17, 15) is 0 Å². The highest BCUT2D eigenvalue weighted by atomic mass is 15.2. The van der Waals surface area contributed by atoms with Gasteiger partial charge in [-0.15, -0.1) is 0 Å². The van der Waals surface area contributed by atoms with Gasteiger partial charge in [0, 0.05) is 61.4 Å². The van der Waals surface area contributed by atoms with Crippen LogP contribution in [-0.2, 0) is 0 Å². The third-order valence-electron chi connectivity index (χ3n) is 20.8. The quantitative estimate of drug-likeness (QED) is 0.120. The lowest BCUT2D eigenvalue weighted by Gasteiger charge is -2.27. The van der Waals surface area contributed by atoms with Crippen molar-refractivity contribution < 1.29 is 0 Å². The van der Waals surface area contributed by atoms with E-state index in [-0.39, 0.29) is 0 Å². The largest absolute Gasteiger partial charge is 0.310 e. The molecule has 466 valence electrons. The molecule has 0 amide bonds. The van der Waals surface area contributed by atoms with Crippen LogP contribution in [0, 0.1) is 0 Å². The number of fused-ring (bicyclic) bond motifs is 16. The second-order valence-corrected chi connectivity index (χ2v) is 26.4. The highest BCUT2D eigenvalue weighted by Crippen LogP contribution is 2.47. The Bertz CT molecular complexity index is 6610. The highest BCUT2D eigenvalue weighted by molar-refractivity contribution is 6.21. The van der Waals surface area contributed by atoms with Crippen molar-refractivity contribution in [2.24, 2.45) is 0 Å².